The number of fused-ring (bicyclic) bond motifs is 1. The van der Waals surface area contributed by atoms with Crippen molar-refractivity contribution in [2.75, 3.05) is 10.6 Å². The Balaban J connectivity index is 1.62. The van der Waals surface area contributed by atoms with Crippen LogP contribution in [0.25, 0.3) is 10.2 Å². The van der Waals surface area contributed by atoms with E-state index in [4.69, 9.17) is 0 Å². The number of nitrogens with zero attached hydrogens (tertiary/aromatic N) is 1. The Morgan fingerprint density at radius 2 is 1.88 bits per heavy atom. The van der Waals surface area contributed by atoms with Gasteiger partial charge in [0.15, 0.2) is 5.13 Å². The topological polar surface area (TPSA) is 83.1 Å². The van der Waals surface area contributed by atoms with Crippen LogP contribution in [0.5, 0.6) is 0 Å². The van der Waals surface area contributed by atoms with Gasteiger partial charge in [0.2, 0.25) is 5.91 Å². The standard InChI is InChI=1S/C17H15FN4O2S/c1-10(23)20-17-22-14-7-6-13(8-15(14)25-17)21-16(24)19-9-11-2-4-12(18)5-3-11/h2-8H,9H2,1H3,(H2,19,21,24)(H,20,22,23). The lowest BCUT2D eigenvalue weighted by atomic mass is 10.2. The van der Waals surface area contributed by atoms with Crippen LogP contribution in [-0.4, -0.2) is 16.9 Å². The summed E-state index contributed by atoms with van der Waals surface area (Å²) >= 11 is 1.33. The number of aromatic nitrogens is 1. The van der Waals surface area contributed by atoms with E-state index in [0.717, 1.165) is 15.8 Å². The lowest BCUT2D eigenvalue weighted by Crippen LogP contribution is -2.28. The van der Waals surface area contributed by atoms with Crippen molar-refractivity contribution in [2.24, 2.45) is 0 Å². The molecule has 0 atom stereocenters. The Labute approximate surface area is 147 Å². The third-order valence-corrected chi connectivity index (χ3v) is 4.23. The van der Waals surface area contributed by atoms with E-state index in [1.807, 2.05) is 0 Å². The smallest absolute Gasteiger partial charge is 0.319 e. The number of amides is 3. The zero-order chi connectivity index (χ0) is 17.8. The van der Waals surface area contributed by atoms with E-state index < -0.39 is 0 Å². The number of benzene rings is 2. The normalized spacial score (nSPS) is 10.5. The summed E-state index contributed by atoms with van der Waals surface area (Å²) in [5, 5.41) is 8.59. The predicted molar refractivity (Wildman–Crippen MR) is 96.2 cm³/mol. The van der Waals surface area contributed by atoms with Gasteiger partial charge in [0.25, 0.3) is 0 Å². The molecule has 0 aliphatic heterocycles. The van der Waals surface area contributed by atoms with Crippen LogP contribution in [0.2, 0.25) is 0 Å². The number of rotatable bonds is 4. The number of halogens is 1. The van der Waals surface area contributed by atoms with E-state index >= 15 is 0 Å². The van der Waals surface area contributed by atoms with E-state index in [9.17, 15) is 14.0 Å². The minimum absolute atomic E-state index is 0.183. The Bertz CT molecular complexity index is 924. The molecule has 3 aromatic rings. The summed E-state index contributed by atoms with van der Waals surface area (Å²) < 4.78 is 13.7. The Morgan fingerprint density at radius 3 is 2.60 bits per heavy atom. The molecule has 25 heavy (non-hydrogen) atoms. The largest absolute Gasteiger partial charge is 0.334 e. The molecule has 128 valence electrons. The van der Waals surface area contributed by atoms with Gasteiger partial charge in [-0.2, -0.15) is 0 Å². The number of anilines is 2. The van der Waals surface area contributed by atoms with Gasteiger partial charge in [-0.3, -0.25) is 4.79 Å². The van der Waals surface area contributed by atoms with Gasteiger partial charge >= 0.3 is 6.03 Å². The lowest BCUT2D eigenvalue weighted by Gasteiger charge is -2.07. The highest BCUT2D eigenvalue weighted by atomic mass is 32.1. The van der Waals surface area contributed by atoms with Crippen molar-refractivity contribution in [2.45, 2.75) is 13.5 Å². The first-order chi connectivity index (χ1) is 12.0. The Morgan fingerprint density at radius 1 is 1.12 bits per heavy atom. The highest BCUT2D eigenvalue weighted by Crippen LogP contribution is 2.28. The molecule has 3 amide bonds. The molecule has 8 heteroatoms. The molecule has 0 radical (unpaired) electrons. The first-order valence-corrected chi connectivity index (χ1v) is 8.29. The van der Waals surface area contributed by atoms with Crippen molar-refractivity contribution in [1.29, 1.82) is 0 Å². The molecule has 6 nitrogen and oxygen atoms in total. The van der Waals surface area contributed by atoms with Gasteiger partial charge in [-0.05, 0) is 35.9 Å². The van der Waals surface area contributed by atoms with Gasteiger partial charge in [-0.1, -0.05) is 23.5 Å². The molecule has 0 saturated carbocycles. The summed E-state index contributed by atoms with van der Waals surface area (Å²) in [4.78, 5) is 27.3. The fourth-order valence-corrected chi connectivity index (χ4v) is 3.12. The molecule has 0 unspecified atom stereocenters. The summed E-state index contributed by atoms with van der Waals surface area (Å²) in [6.45, 7) is 1.71. The summed E-state index contributed by atoms with van der Waals surface area (Å²) in [7, 11) is 0. The molecule has 1 heterocycles. The van der Waals surface area contributed by atoms with E-state index in [2.05, 4.69) is 20.9 Å². The number of carbonyl (C=O) groups is 2. The van der Waals surface area contributed by atoms with Crippen molar-refractivity contribution >= 4 is 44.3 Å². The second-order valence-corrected chi connectivity index (χ2v) is 6.35. The number of thiazole rings is 1. The Hall–Kier alpha value is -3.00. The van der Waals surface area contributed by atoms with Gasteiger partial charge in [0.05, 0.1) is 10.2 Å². The highest BCUT2D eigenvalue weighted by molar-refractivity contribution is 7.22. The SMILES string of the molecule is CC(=O)Nc1nc2ccc(NC(=O)NCc3ccc(F)cc3)cc2s1. The van der Waals surface area contributed by atoms with Crippen LogP contribution in [0.15, 0.2) is 42.5 Å². The molecule has 0 bridgehead atoms. The quantitative estimate of drug-likeness (QED) is 0.665. The molecule has 0 aliphatic carbocycles. The van der Waals surface area contributed by atoms with Gasteiger partial charge in [-0.25, -0.2) is 14.2 Å². The molecule has 3 rings (SSSR count). The first kappa shape index (κ1) is 16.8. The molecule has 0 fully saturated rings. The maximum absolute atomic E-state index is 12.8. The van der Waals surface area contributed by atoms with Gasteiger partial charge in [-0.15, -0.1) is 0 Å². The van der Waals surface area contributed by atoms with Gasteiger partial charge in [0.1, 0.15) is 5.82 Å². The Kier molecular flexibility index (Phi) is 4.90. The number of carbonyl (C=O) groups excluding carboxylic acids is 2. The van der Waals surface area contributed by atoms with Crippen LogP contribution >= 0.6 is 11.3 Å². The predicted octanol–water partition coefficient (Wildman–Crippen LogP) is 3.72. The third kappa shape index (κ3) is 4.51. The average molecular weight is 358 g/mol. The van der Waals surface area contributed by atoms with Crippen LogP contribution in [0.3, 0.4) is 0 Å². The maximum atomic E-state index is 12.8. The van der Waals surface area contributed by atoms with Crippen LogP contribution in [-0.2, 0) is 11.3 Å². The number of nitrogens with one attached hydrogen (secondary N) is 3. The van der Waals surface area contributed by atoms with Crippen LogP contribution < -0.4 is 16.0 Å². The molecule has 3 N–H and O–H groups in total. The molecular formula is C17H15FN4O2S. The third-order valence-electron chi connectivity index (χ3n) is 3.30. The van der Waals surface area contributed by atoms with E-state index in [0.29, 0.717) is 17.4 Å². The second-order valence-electron chi connectivity index (χ2n) is 5.32. The fourth-order valence-electron chi connectivity index (χ4n) is 2.17. The lowest BCUT2D eigenvalue weighted by molar-refractivity contribution is -0.114. The molecule has 0 saturated heterocycles. The monoisotopic (exact) mass is 358 g/mol. The second kappa shape index (κ2) is 7.27. The minimum atomic E-state index is -0.365. The fraction of sp³-hybridized carbons (Fsp3) is 0.118. The highest BCUT2D eigenvalue weighted by Gasteiger charge is 2.07. The van der Waals surface area contributed by atoms with Crippen molar-refractivity contribution in [3.05, 3.63) is 53.8 Å². The summed E-state index contributed by atoms with van der Waals surface area (Å²) in [6, 6.07) is 10.8. The van der Waals surface area contributed by atoms with Crippen LogP contribution in [0.1, 0.15) is 12.5 Å². The van der Waals surface area contributed by atoms with Crippen molar-refractivity contribution in [3.8, 4) is 0 Å². The molecular weight excluding hydrogens is 343 g/mol. The number of urea groups is 1. The first-order valence-electron chi connectivity index (χ1n) is 7.47. The minimum Gasteiger partial charge on any atom is -0.334 e. The summed E-state index contributed by atoms with van der Waals surface area (Å²) in [6.07, 6.45) is 0. The number of hydrogen-bond donors (Lipinski definition) is 3. The van der Waals surface area contributed by atoms with Crippen molar-refractivity contribution in [3.63, 3.8) is 0 Å². The number of hydrogen-bond acceptors (Lipinski definition) is 4. The van der Waals surface area contributed by atoms with Gasteiger partial charge in [0, 0.05) is 19.2 Å². The molecule has 2 aromatic carbocycles. The van der Waals surface area contributed by atoms with Crippen LogP contribution in [0, 0.1) is 5.82 Å². The van der Waals surface area contributed by atoms with E-state index in [-0.39, 0.29) is 17.8 Å². The van der Waals surface area contributed by atoms with Crippen molar-refractivity contribution in [1.82, 2.24) is 10.3 Å². The molecule has 1 aromatic heterocycles. The maximum Gasteiger partial charge on any atom is 0.319 e. The zero-order valence-electron chi connectivity index (χ0n) is 13.3. The van der Waals surface area contributed by atoms with E-state index in [1.54, 1.807) is 30.3 Å². The van der Waals surface area contributed by atoms with Crippen molar-refractivity contribution < 1.29 is 14.0 Å². The van der Waals surface area contributed by atoms with Crippen LogP contribution in [0.4, 0.5) is 20.0 Å². The molecule has 0 spiro atoms. The molecule has 0 aliphatic rings. The summed E-state index contributed by atoms with van der Waals surface area (Å²) in [5.74, 6) is -0.498. The zero-order valence-corrected chi connectivity index (χ0v) is 14.1. The summed E-state index contributed by atoms with van der Waals surface area (Å²) in [5.41, 5.74) is 2.16. The van der Waals surface area contributed by atoms with Gasteiger partial charge < -0.3 is 16.0 Å². The van der Waals surface area contributed by atoms with E-state index in [1.165, 1.54) is 30.4 Å². The average Bonchev–Trinajstić information content (AvgIpc) is 2.95.